The van der Waals surface area contributed by atoms with Gasteiger partial charge in [0.2, 0.25) is 0 Å². The predicted molar refractivity (Wildman–Crippen MR) is 129 cm³/mol. The highest BCUT2D eigenvalue weighted by Gasteiger charge is 2.08. The highest BCUT2D eigenvalue weighted by atomic mass is 127. The van der Waals surface area contributed by atoms with Gasteiger partial charge >= 0.3 is 0 Å². The van der Waals surface area contributed by atoms with Crippen LogP contribution in [0.2, 0.25) is 0 Å². The Morgan fingerprint density at radius 2 is 1.72 bits per heavy atom. The molecule has 2 rings (SSSR count). The van der Waals surface area contributed by atoms with E-state index in [2.05, 4.69) is 20.5 Å². The maximum atomic E-state index is 5.92. The van der Waals surface area contributed by atoms with Crippen molar-refractivity contribution in [3.63, 3.8) is 0 Å². The molecule has 0 unspecified atom stereocenters. The highest BCUT2D eigenvalue weighted by Crippen LogP contribution is 2.29. The van der Waals surface area contributed by atoms with Crippen LogP contribution in [-0.2, 0) is 6.54 Å². The molecule has 0 aliphatic carbocycles. The van der Waals surface area contributed by atoms with Gasteiger partial charge in [0, 0.05) is 37.5 Å². The van der Waals surface area contributed by atoms with E-state index in [0.29, 0.717) is 30.6 Å². The third-order valence-electron chi connectivity index (χ3n) is 4.08. The molecule has 0 heterocycles. The molecular weight excluding hydrogens is 483 g/mol. The predicted octanol–water partition coefficient (Wildman–Crippen LogP) is 3.45. The van der Waals surface area contributed by atoms with Crippen LogP contribution in [0.15, 0.2) is 47.5 Å². The molecule has 0 spiro atoms. The minimum Gasteiger partial charge on any atom is -0.493 e. The molecule has 0 atom stereocenters. The Balaban J connectivity index is 0.00000420. The monoisotopic (exact) mass is 514 g/mol. The number of aliphatic imine (C=N–C) groups is 1. The number of hydrogen-bond acceptors (Lipinski definition) is 5. The maximum Gasteiger partial charge on any atom is 0.195 e. The Hall–Kier alpha value is -2.20. The Kier molecular flexibility index (Phi) is 11.2. The lowest BCUT2D eigenvalue weighted by atomic mass is 10.2. The number of rotatable bonds is 9. The number of nitrogens with zero attached hydrogens (tertiary/aromatic N) is 2. The third kappa shape index (κ3) is 7.98. The molecule has 0 aliphatic rings. The first-order valence-corrected chi connectivity index (χ1v) is 9.12. The van der Waals surface area contributed by atoms with E-state index in [4.69, 9.17) is 14.2 Å². The molecule has 0 saturated heterocycles. The standard InChI is InChI=1S/C21H30N4O3.HI/c1-22-21(24-17-10-11-19(26-4)20(14-17)27-5)23-15-16-8-6-7-9-18(16)28-13-12-25(2)3;/h6-11,14H,12-13,15H2,1-5H3,(H2,22,23,24);1H. The van der Waals surface area contributed by atoms with Crippen LogP contribution in [-0.4, -0.2) is 59.4 Å². The van der Waals surface area contributed by atoms with Gasteiger partial charge in [0.1, 0.15) is 12.4 Å². The molecule has 0 fully saturated rings. The van der Waals surface area contributed by atoms with Gasteiger partial charge in [-0.05, 0) is 32.3 Å². The van der Waals surface area contributed by atoms with E-state index in [1.807, 2.05) is 56.6 Å². The Morgan fingerprint density at radius 1 is 1.00 bits per heavy atom. The van der Waals surface area contributed by atoms with E-state index < -0.39 is 0 Å². The lowest BCUT2D eigenvalue weighted by Crippen LogP contribution is -2.30. The first-order chi connectivity index (χ1) is 13.6. The molecule has 0 amide bonds. The van der Waals surface area contributed by atoms with Crippen LogP contribution in [0.1, 0.15) is 5.56 Å². The molecule has 2 N–H and O–H groups in total. The number of hydrogen-bond donors (Lipinski definition) is 2. The van der Waals surface area contributed by atoms with Crippen LogP contribution in [0.3, 0.4) is 0 Å². The van der Waals surface area contributed by atoms with E-state index in [1.165, 1.54) is 0 Å². The van der Waals surface area contributed by atoms with Crippen molar-refractivity contribution in [2.24, 2.45) is 4.99 Å². The van der Waals surface area contributed by atoms with Crippen molar-refractivity contribution < 1.29 is 14.2 Å². The van der Waals surface area contributed by atoms with E-state index in [1.54, 1.807) is 21.3 Å². The second-order valence-electron chi connectivity index (χ2n) is 6.38. The highest BCUT2D eigenvalue weighted by molar-refractivity contribution is 14.0. The van der Waals surface area contributed by atoms with Gasteiger partial charge < -0.3 is 29.7 Å². The Bertz CT molecular complexity index is 784. The number of likely N-dealkylation sites (N-methyl/N-ethyl adjacent to an activating group) is 1. The smallest absolute Gasteiger partial charge is 0.195 e. The van der Waals surface area contributed by atoms with E-state index in [-0.39, 0.29) is 24.0 Å². The zero-order valence-electron chi connectivity index (χ0n) is 17.7. The fraction of sp³-hybridized carbons (Fsp3) is 0.381. The first kappa shape index (κ1) is 24.8. The number of nitrogens with one attached hydrogen (secondary N) is 2. The van der Waals surface area contributed by atoms with E-state index in [9.17, 15) is 0 Å². The molecule has 2 aromatic carbocycles. The quantitative estimate of drug-likeness (QED) is 0.304. The van der Waals surface area contributed by atoms with Crippen LogP contribution < -0.4 is 24.8 Å². The van der Waals surface area contributed by atoms with Gasteiger partial charge in [-0.1, -0.05) is 18.2 Å². The molecule has 0 bridgehead atoms. The molecule has 8 heteroatoms. The summed E-state index contributed by atoms with van der Waals surface area (Å²) < 4.78 is 16.5. The number of ether oxygens (including phenoxy) is 3. The van der Waals surface area contributed by atoms with Crippen molar-refractivity contribution in [3.8, 4) is 17.2 Å². The Labute approximate surface area is 190 Å². The zero-order chi connectivity index (χ0) is 20.4. The van der Waals surface area contributed by atoms with Gasteiger partial charge in [-0.3, -0.25) is 4.99 Å². The summed E-state index contributed by atoms with van der Waals surface area (Å²) in [5.74, 6) is 2.86. The summed E-state index contributed by atoms with van der Waals surface area (Å²) in [5, 5.41) is 6.57. The maximum absolute atomic E-state index is 5.92. The summed E-state index contributed by atoms with van der Waals surface area (Å²) in [7, 11) is 9.02. The number of halogens is 1. The summed E-state index contributed by atoms with van der Waals surface area (Å²) >= 11 is 0. The second-order valence-corrected chi connectivity index (χ2v) is 6.38. The molecule has 0 radical (unpaired) electrons. The largest absolute Gasteiger partial charge is 0.493 e. The molecule has 0 aromatic heterocycles. The van der Waals surface area contributed by atoms with Crippen molar-refractivity contribution in [1.29, 1.82) is 0 Å². The first-order valence-electron chi connectivity index (χ1n) is 9.12. The van der Waals surface area contributed by atoms with Crippen LogP contribution in [0.4, 0.5) is 5.69 Å². The van der Waals surface area contributed by atoms with E-state index in [0.717, 1.165) is 23.5 Å². The number of methoxy groups -OCH3 is 2. The number of benzene rings is 2. The van der Waals surface area contributed by atoms with Crippen LogP contribution >= 0.6 is 24.0 Å². The van der Waals surface area contributed by atoms with Gasteiger partial charge in [-0.2, -0.15) is 0 Å². The zero-order valence-corrected chi connectivity index (χ0v) is 20.0. The molecule has 29 heavy (non-hydrogen) atoms. The van der Waals surface area contributed by atoms with Crippen LogP contribution in [0.5, 0.6) is 17.2 Å². The van der Waals surface area contributed by atoms with Crippen molar-refractivity contribution in [2.75, 3.05) is 53.8 Å². The van der Waals surface area contributed by atoms with Crippen LogP contribution in [0, 0.1) is 0 Å². The van der Waals surface area contributed by atoms with Crippen molar-refractivity contribution in [2.45, 2.75) is 6.54 Å². The summed E-state index contributed by atoms with van der Waals surface area (Å²) in [4.78, 5) is 6.38. The molecule has 160 valence electrons. The molecule has 0 aliphatic heterocycles. The Morgan fingerprint density at radius 3 is 2.38 bits per heavy atom. The fourth-order valence-corrected chi connectivity index (χ4v) is 2.54. The van der Waals surface area contributed by atoms with Gasteiger partial charge in [0.05, 0.1) is 14.2 Å². The van der Waals surface area contributed by atoms with Gasteiger partial charge in [0.25, 0.3) is 0 Å². The summed E-state index contributed by atoms with van der Waals surface area (Å²) in [6, 6.07) is 13.6. The SMILES string of the molecule is CN=C(NCc1ccccc1OCCN(C)C)Nc1ccc(OC)c(OC)c1.I. The fourth-order valence-electron chi connectivity index (χ4n) is 2.54. The molecule has 0 saturated carbocycles. The summed E-state index contributed by atoms with van der Waals surface area (Å²) in [6.45, 7) is 2.10. The van der Waals surface area contributed by atoms with Gasteiger partial charge in [-0.25, -0.2) is 0 Å². The summed E-state index contributed by atoms with van der Waals surface area (Å²) in [5.41, 5.74) is 1.91. The van der Waals surface area contributed by atoms with Crippen molar-refractivity contribution in [1.82, 2.24) is 10.2 Å². The number of para-hydroxylation sites is 1. The second kappa shape index (κ2) is 13.1. The average Bonchev–Trinajstić information content (AvgIpc) is 2.71. The van der Waals surface area contributed by atoms with E-state index >= 15 is 0 Å². The van der Waals surface area contributed by atoms with Crippen molar-refractivity contribution >= 4 is 35.6 Å². The van der Waals surface area contributed by atoms with Gasteiger partial charge in [0.15, 0.2) is 17.5 Å². The summed E-state index contributed by atoms with van der Waals surface area (Å²) in [6.07, 6.45) is 0. The number of anilines is 1. The lowest BCUT2D eigenvalue weighted by Gasteiger charge is -2.16. The van der Waals surface area contributed by atoms with Crippen molar-refractivity contribution in [3.05, 3.63) is 48.0 Å². The normalized spacial score (nSPS) is 10.9. The topological polar surface area (TPSA) is 67.4 Å². The average molecular weight is 514 g/mol. The minimum absolute atomic E-state index is 0. The number of guanidine groups is 1. The van der Waals surface area contributed by atoms with Gasteiger partial charge in [-0.15, -0.1) is 24.0 Å². The van der Waals surface area contributed by atoms with Crippen LogP contribution in [0.25, 0.3) is 0 Å². The molecular formula is C21H31IN4O3. The molecule has 7 nitrogen and oxygen atoms in total. The minimum atomic E-state index is 0. The lowest BCUT2D eigenvalue weighted by molar-refractivity contribution is 0.259. The molecule has 2 aromatic rings. The third-order valence-corrected chi connectivity index (χ3v) is 4.08.